The van der Waals surface area contributed by atoms with Gasteiger partial charge in [-0.05, 0) is 30.9 Å². The first-order valence-electron chi connectivity index (χ1n) is 10.1. The molecule has 0 amide bonds. The molecule has 2 atom stereocenters. The van der Waals surface area contributed by atoms with Gasteiger partial charge in [0.25, 0.3) is 0 Å². The number of benzene rings is 1. The molecule has 1 aromatic rings. The van der Waals surface area contributed by atoms with Crippen molar-refractivity contribution in [2.24, 2.45) is 16.8 Å². The van der Waals surface area contributed by atoms with Crippen molar-refractivity contribution in [3.8, 4) is 0 Å². The normalized spacial score (nSPS) is 22.4. The van der Waals surface area contributed by atoms with Crippen LogP contribution in [-0.4, -0.2) is 77.6 Å². The molecule has 7 heteroatoms. The molecule has 0 bridgehead atoms. The van der Waals surface area contributed by atoms with Crippen molar-refractivity contribution in [3.63, 3.8) is 0 Å². The highest BCUT2D eigenvalue weighted by molar-refractivity contribution is 14.0. The van der Waals surface area contributed by atoms with Gasteiger partial charge in [-0.15, -0.1) is 24.0 Å². The molecule has 2 aliphatic rings. The van der Waals surface area contributed by atoms with Crippen LogP contribution in [0.4, 0.5) is 5.69 Å². The molecule has 2 fully saturated rings. The Labute approximate surface area is 186 Å². The summed E-state index contributed by atoms with van der Waals surface area (Å²) in [6, 6.07) is 10.7. The number of aliphatic imine (C=N–C) groups is 1. The molecule has 1 N–H and O–H groups in total. The van der Waals surface area contributed by atoms with E-state index in [0.717, 1.165) is 45.3 Å². The number of anilines is 1. The second-order valence-corrected chi connectivity index (χ2v) is 7.53. The van der Waals surface area contributed by atoms with Gasteiger partial charge < -0.3 is 24.6 Å². The summed E-state index contributed by atoms with van der Waals surface area (Å²) in [6.07, 6.45) is 2.40. The summed E-state index contributed by atoms with van der Waals surface area (Å²) in [5, 5.41) is 3.61. The van der Waals surface area contributed by atoms with Gasteiger partial charge in [0.1, 0.15) is 0 Å². The monoisotopic (exact) mass is 502 g/mol. The van der Waals surface area contributed by atoms with E-state index in [1.807, 2.05) is 7.05 Å². The van der Waals surface area contributed by atoms with Crippen molar-refractivity contribution in [1.29, 1.82) is 0 Å². The standard InChI is InChI=1S/C21H34N4O2.HI/c1-22-21(25-11-9-19(16-25)17-27-13-12-26-2)23-14-18-8-10-24(15-18)20-6-4-3-5-7-20;/h3-7,18-19H,8-17H2,1-2H3,(H,22,23);1H. The van der Waals surface area contributed by atoms with E-state index in [4.69, 9.17) is 9.47 Å². The van der Waals surface area contributed by atoms with E-state index in [1.54, 1.807) is 7.11 Å². The van der Waals surface area contributed by atoms with Gasteiger partial charge >= 0.3 is 0 Å². The van der Waals surface area contributed by atoms with Crippen LogP contribution in [0.3, 0.4) is 0 Å². The van der Waals surface area contributed by atoms with Crippen LogP contribution < -0.4 is 10.2 Å². The van der Waals surface area contributed by atoms with Crippen LogP contribution in [0.2, 0.25) is 0 Å². The van der Waals surface area contributed by atoms with Crippen molar-refractivity contribution in [1.82, 2.24) is 10.2 Å². The number of halogens is 1. The molecule has 2 unspecified atom stereocenters. The Morgan fingerprint density at radius 3 is 2.64 bits per heavy atom. The number of guanidine groups is 1. The minimum atomic E-state index is 0. The van der Waals surface area contributed by atoms with E-state index in [2.05, 4.69) is 50.4 Å². The zero-order chi connectivity index (χ0) is 18.9. The summed E-state index contributed by atoms with van der Waals surface area (Å²) in [4.78, 5) is 9.36. The van der Waals surface area contributed by atoms with Gasteiger partial charge in [0.15, 0.2) is 5.96 Å². The lowest BCUT2D eigenvalue weighted by molar-refractivity contribution is 0.0536. The van der Waals surface area contributed by atoms with E-state index in [0.29, 0.717) is 25.0 Å². The van der Waals surface area contributed by atoms with Crippen LogP contribution in [-0.2, 0) is 9.47 Å². The van der Waals surface area contributed by atoms with Gasteiger partial charge in [-0.1, -0.05) is 18.2 Å². The summed E-state index contributed by atoms with van der Waals surface area (Å²) >= 11 is 0. The molecule has 2 saturated heterocycles. The molecule has 0 aliphatic carbocycles. The summed E-state index contributed by atoms with van der Waals surface area (Å²) in [6.45, 7) is 7.48. The minimum absolute atomic E-state index is 0. The number of hydrogen-bond donors (Lipinski definition) is 1. The Hall–Kier alpha value is -1.06. The zero-order valence-electron chi connectivity index (χ0n) is 17.2. The molecule has 158 valence electrons. The molecule has 0 spiro atoms. The van der Waals surface area contributed by atoms with Gasteiger partial charge in [-0.3, -0.25) is 4.99 Å². The number of hydrogen-bond acceptors (Lipinski definition) is 4. The molecule has 0 saturated carbocycles. The molecular formula is C21H35IN4O2. The number of para-hydroxylation sites is 1. The average molecular weight is 502 g/mol. The average Bonchev–Trinajstić information content (AvgIpc) is 3.37. The second kappa shape index (κ2) is 12.5. The van der Waals surface area contributed by atoms with Crippen LogP contribution in [0.15, 0.2) is 35.3 Å². The maximum absolute atomic E-state index is 5.70. The number of nitrogens with one attached hydrogen (secondary N) is 1. The van der Waals surface area contributed by atoms with Crippen LogP contribution in [0.25, 0.3) is 0 Å². The summed E-state index contributed by atoms with van der Waals surface area (Å²) in [5.41, 5.74) is 1.33. The van der Waals surface area contributed by atoms with Crippen LogP contribution in [0.5, 0.6) is 0 Å². The molecule has 0 radical (unpaired) electrons. The van der Waals surface area contributed by atoms with Crippen LogP contribution in [0.1, 0.15) is 12.8 Å². The van der Waals surface area contributed by atoms with Gasteiger partial charge in [0.05, 0.1) is 19.8 Å². The number of ether oxygens (including phenoxy) is 2. The maximum atomic E-state index is 5.70. The smallest absolute Gasteiger partial charge is 0.193 e. The first kappa shape index (κ1) is 23.2. The van der Waals surface area contributed by atoms with Crippen LogP contribution in [0, 0.1) is 11.8 Å². The fourth-order valence-corrected chi connectivity index (χ4v) is 3.99. The molecule has 2 aliphatic heterocycles. The molecule has 28 heavy (non-hydrogen) atoms. The summed E-state index contributed by atoms with van der Waals surface area (Å²) in [5.74, 6) is 2.28. The van der Waals surface area contributed by atoms with Crippen molar-refractivity contribution >= 4 is 35.6 Å². The first-order chi connectivity index (χ1) is 13.3. The topological polar surface area (TPSA) is 49.3 Å². The van der Waals surface area contributed by atoms with Crippen LogP contribution >= 0.6 is 24.0 Å². The number of rotatable bonds is 8. The van der Waals surface area contributed by atoms with Gasteiger partial charge in [0, 0.05) is 58.5 Å². The zero-order valence-corrected chi connectivity index (χ0v) is 19.5. The fourth-order valence-electron chi connectivity index (χ4n) is 3.99. The molecule has 2 heterocycles. The van der Waals surface area contributed by atoms with Gasteiger partial charge in [-0.2, -0.15) is 0 Å². The third-order valence-corrected chi connectivity index (χ3v) is 5.54. The second-order valence-electron chi connectivity index (χ2n) is 7.53. The van der Waals surface area contributed by atoms with Crippen molar-refractivity contribution in [3.05, 3.63) is 30.3 Å². The van der Waals surface area contributed by atoms with E-state index in [-0.39, 0.29) is 24.0 Å². The maximum Gasteiger partial charge on any atom is 0.193 e. The highest BCUT2D eigenvalue weighted by Gasteiger charge is 2.27. The minimum Gasteiger partial charge on any atom is -0.382 e. The number of likely N-dealkylation sites (tertiary alicyclic amines) is 1. The number of methoxy groups -OCH3 is 1. The highest BCUT2D eigenvalue weighted by Crippen LogP contribution is 2.23. The SMILES string of the molecule is CN=C(NCC1CCN(c2ccccc2)C1)N1CCC(COCCOC)C1.I. The predicted octanol–water partition coefficient (Wildman–Crippen LogP) is 2.69. The Kier molecular flexibility index (Phi) is 10.4. The third kappa shape index (κ3) is 6.77. The van der Waals surface area contributed by atoms with E-state index in [9.17, 15) is 0 Å². The van der Waals surface area contributed by atoms with E-state index < -0.39 is 0 Å². The summed E-state index contributed by atoms with van der Waals surface area (Å²) < 4.78 is 10.7. The molecule has 1 aromatic carbocycles. The third-order valence-electron chi connectivity index (χ3n) is 5.54. The van der Waals surface area contributed by atoms with E-state index in [1.165, 1.54) is 18.5 Å². The van der Waals surface area contributed by atoms with Crippen molar-refractivity contribution in [2.45, 2.75) is 12.8 Å². The first-order valence-corrected chi connectivity index (χ1v) is 10.1. The highest BCUT2D eigenvalue weighted by atomic mass is 127. The lowest BCUT2D eigenvalue weighted by atomic mass is 10.1. The van der Waals surface area contributed by atoms with E-state index >= 15 is 0 Å². The Bertz CT molecular complexity index is 587. The molecular weight excluding hydrogens is 467 g/mol. The Morgan fingerprint density at radius 2 is 1.89 bits per heavy atom. The van der Waals surface area contributed by atoms with Gasteiger partial charge in [-0.25, -0.2) is 0 Å². The fraction of sp³-hybridized carbons (Fsp3) is 0.667. The molecule has 0 aromatic heterocycles. The number of nitrogens with zero attached hydrogens (tertiary/aromatic N) is 3. The van der Waals surface area contributed by atoms with Crippen molar-refractivity contribution in [2.75, 3.05) is 71.6 Å². The van der Waals surface area contributed by atoms with Gasteiger partial charge in [0.2, 0.25) is 0 Å². The Balaban J connectivity index is 0.00000280. The van der Waals surface area contributed by atoms with Crippen molar-refractivity contribution < 1.29 is 9.47 Å². The largest absolute Gasteiger partial charge is 0.382 e. The summed E-state index contributed by atoms with van der Waals surface area (Å²) in [7, 11) is 3.59. The Morgan fingerprint density at radius 1 is 1.11 bits per heavy atom. The molecule has 6 nitrogen and oxygen atoms in total. The predicted molar refractivity (Wildman–Crippen MR) is 126 cm³/mol. The lowest BCUT2D eigenvalue weighted by Crippen LogP contribution is -2.42. The molecule has 3 rings (SSSR count). The lowest BCUT2D eigenvalue weighted by Gasteiger charge is -2.23. The quantitative estimate of drug-likeness (QED) is 0.257.